The molecule has 0 saturated carbocycles. The minimum Gasteiger partial charge on any atom is -0.335 e. The number of nitrogens with zero attached hydrogens (tertiary/aromatic N) is 2. The van der Waals surface area contributed by atoms with Gasteiger partial charge >= 0.3 is 0 Å². The van der Waals surface area contributed by atoms with Crippen molar-refractivity contribution in [2.45, 2.75) is 11.4 Å². The summed E-state index contributed by atoms with van der Waals surface area (Å²) in [6.45, 7) is 0.472. The summed E-state index contributed by atoms with van der Waals surface area (Å²) >= 11 is 1.60. The van der Waals surface area contributed by atoms with E-state index in [1.54, 1.807) is 53.8 Å². The molecule has 4 nitrogen and oxygen atoms in total. The van der Waals surface area contributed by atoms with Crippen molar-refractivity contribution in [1.82, 2.24) is 9.88 Å². The van der Waals surface area contributed by atoms with Gasteiger partial charge < -0.3 is 4.90 Å². The summed E-state index contributed by atoms with van der Waals surface area (Å²) in [7, 11) is 0.729. The molecule has 0 spiro atoms. The Morgan fingerprint density at radius 1 is 1.17 bits per heavy atom. The number of amides is 1. The molecule has 1 amide bonds. The van der Waals surface area contributed by atoms with E-state index in [4.69, 9.17) is 0 Å². The molecule has 0 aliphatic rings. The van der Waals surface area contributed by atoms with E-state index in [1.807, 2.05) is 24.3 Å². The van der Waals surface area contributed by atoms with Crippen LogP contribution >= 0.6 is 11.3 Å². The van der Waals surface area contributed by atoms with Crippen LogP contribution in [0.4, 0.5) is 0 Å². The zero-order chi connectivity index (χ0) is 16.4. The molecule has 0 fully saturated rings. The molecule has 0 aliphatic carbocycles. The van der Waals surface area contributed by atoms with Crippen LogP contribution in [0.25, 0.3) is 10.2 Å². The van der Waals surface area contributed by atoms with Gasteiger partial charge in [0.1, 0.15) is 5.01 Å². The second-order valence-corrected chi connectivity index (χ2v) is 7.71. The van der Waals surface area contributed by atoms with Crippen LogP contribution in [-0.2, 0) is 17.3 Å². The Hall–Kier alpha value is -2.05. The Morgan fingerprint density at radius 3 is 2.52 bits per heavy atom. The Bertz CT molecular complexity index is 839. The van der Waals surface area contributed by atoms with Gasteiger partial charge in [0.2, 0.25) is 0 Å². The highest BCUT2D eigenvalue weighted by molar-refractivity contribution is 7.84. The van der Waals surface area contributed by atoms with Crippen LogP contribution in [0.1, 0.15) is 15.4 Å². The Kier molecular flexibility index (Phi) is 4.54. The van der Waals surface area contributed by atoms with E-state index < -0.39 is 10.8 Å². The molecule has 0 N–H and O–H groups in total. The molecular weight excluding hydrogens is 328 g/mol. The summed E-state index contributed by atoms with van der Waals surface area (Å²) < 4.78 is 12.5. The summed E-state index contributed by atoms with van der Waals surface area (Å²) in [5.74, 6) is -0.0716. The van der Waals surface area contributed by atoms with Crippen molar-refractivity contribution >= 4 is 38.3 Å². The average molecular weight is 344 g/mol. The molecule has 1 aromatic heterocycles. The van der Waals surface area contributed by atoms with Crippen molar-refractivity contribution in [2.75, 3.05) is 13.3 Å². The van der Waals surface area contributed by atoms with Crippen LogP contribution < -0.4 is 0 Å². The normalized spacial score (nSPS) is 12.3. The largest absolute Gasteiger partial charge is 0.335 e. The van der Waals surface area contributed by atoms with Crippen LogP contribution in [0, 0.1) is 0 Å². The zero-order valence-electron chi connectivity index (χ0n) is 12.9. The first kappa shape index (κ1) is 15.8. The number of benzene rings is 2. The van der Waals surface area contributed by atoms with E-state index in [-0.39, 0.29) is 5.91 Å². The fourth-order valence-corrected chi connectivity index (χ4v) is 3.81. The predicted molar refractivity (Wildman–Crippen MR) is 94.2 cm³/mol. The molecule has 1 atom stereocenters. The second-order valence-electron chi connectivity index (χ2n) is 5.22. The number of rotatable bonds is 4. The van der Waals surface area contributed by atoms with E-state index >= 15 is 0 Å². The quantitative estimate of drug-likeness (QED) is 0.730. The molecule has 2 aromatic carbocycles. The van der Waals surface area contributed by atoms with E-state index in [1.165, 1.54) is 0 Å². The maximum Gasteiger partial charge on any atom is 0.253 e. The molecule has 0 aliphatic heterocycles. The topological polar surface area (TPSA) is 50.3 Å². The standard InChI is InChI=1S/C17H16N2O2S2/c1-19(11-16-18-14-5-3-4-6-15(14)22-16)17(20)12-7-9-13(10-8-12)23(2)21/h3-10H,11H2,1-2H3/t23-/m0/s1. The number of hydrogen-bond donors (Lipinski definition) is 0. The monoisotopic (exact) mass is 344 g/mol. The number of thiazole rings is 1. The van der Waals surface area contributed by atoms with Crippen molar-refractivity contribution in [3.05, 3.63) is 59.1 Å². The molecule has 1 heterocycles. The Morgan fingerprint density at radius 2 is 1.87 bits per heavy atom. The third kappa shape index (κ3) is 3.48. The van der Waals surface area contributed by atoms with Gasteiger partial charge in [0.15, 0.2) is 0 Å². The van der Waals surface area contributed by atoms with Gasteiger partial charge in [-0.3, -0.25) is 9.00 Å². The van der Waals surface area contributed by atoms with Crippen LogP contribution in [0.15, 0.2) is 53.4 Å². The molecule has 6 heteroatoms. The van der Waals surface area contributed by atoms with Crippen molar-refractivity contribution in [3.63, 3.8) is 0 Å². The lowest BCUT2D eigenvalue weighted by atomic mass is 10.2. The molecule has 0 unspecified atom stereocenters. The summed E-state index contributed by atoms with van der Waals surface area (Å²) in [4.78, 5) is 19.4. The van der Waals surface area contributed by atoms with Crippen molar-refractivity contribution in [2.24, 2.45) is 0 Å². The fourth-order valence-electron chi connectivity index (χ4n) is 2.27. The van der Waals surface area contributed by atoms with Crippen molar-refractivity contribution in [3.8, 4) is 0 Å². The zero-order valence-corrected chi connectivity index (χ0v) is 14.5. The maximum atomic E-state index is 12.5. The molecule has 0 radical (unpaired) electrons. The molecule has 23 heavy (non-hydrogen) atoms. The van der Waals surface area contributed by atoms with Gasteiger partial charge in [-0.2, -0.15) is 0 Å². The molecule has 3 rings (SSSR count). The van der Waals surface area contributed by atoms with E-state index in [2.05, 4.69) is 4.98 Å². The van der Waals surface area contributed by atoms with Gasteiger partial charge in [0.25, 0.3) is 5.91 Å². The molecular formula is C17H16N2O2S2. The summed E-state index contributed by atoms with van der Waals surface area (Å²) in [5.41, 5.74) is 1.55. The van der Waals surface area contributed by atoms with Crippen molar-refractivity contribution in [1.29, 1.82) is 0 Å². The third-order valence-corrected chi connectivity index (χ3v) is 5.45. The summed E-state index contributed by atoms with van der Waals surface area (Å²) in [5, 5.41) is 0.910. The van der Waals surface area contributed by atoms with Gasteiger partial charge in [-0.05, 0) is 36.4 Å². The Labute approximate surface area is 141 Å². The van der Waals surface area contributed by atoms with Gasteiger partial charge in [0.05, 0.1) is 16.8 Å². The van der Waals surface area contributed by atoms with Crippen LogP contribution in [0.3, 0.4) is 0 Å². The molecule has 0 bridgehead atoms. The lowest BCUT2D eigenvalue weighted by Gasteiger charge is -2.15. The number of para-hydroxylation sites is 1. The van der Waals surface area contributed by atoms with Crippen molar-refractivity contribution < 1.29 is 9.00 Å². The molecule has 3 aromatic rings. The number of carbonyl (C=O) groups excluding carboxylic acids is 1. The summed E-state index contributed by atoms with van der Waals surface area (Å²) in [6, 6.07) is 14.8. The number of hydrogen-bond acceptors (Lipinski definition) is 4. The Balaban J connectivity index is 1.75. The maximum absolute atomic E-state index is 12.5. The fraction of sp³-hybridized carbons (Fsp3) is 0.176. The van der Waals surface area contributed by atoms with Crippen LogP contribution in [-0.4, -0.2) is 33.3 Å². The van der Waals surface area contributed by atoms with Gasteiger partial charge in [-0.25, -0.2) is 4.98 Å². The molecule has 0 saturated heterocycles. The number of fused-ring (bicyclic) bond motifs is 1. The predicted octanol–water partition coefficient (Wildman–Crippen LogP) is 3.31. The SMILES string of the molecule is CN(Cc1nc2ccccc2s1)C(=O)c1ccc([S@](C)=O)cc1. The highest BCUT2D eigenvalue weighted by Gasteiger charge is 2.14. The van der Waals surface area contributed by atoms with Crippen LogP contribution in [0.2, 0.25) is 0 Å². The van der Waals surface area contributed by atoms with Gasteiger partial charge in [0, 0.05) is 34.6 Å². The van der Waals surface area contributed by atoms with Crippen LogP contribution in [0.5, 0.6) is 0 Å². The smallest absolute Gasteiger partial charge is 0.253 e. The first-order valence-electron chi connectivity index (χ1n) is 7.08. The van der Waals surface area contributed by atoms with Gasteiger partial charge in [-0.1, -0.05) is 12.1 Å². The first-order chi connectivity index (χ1) is 11.0. The molecule has 118 valence electrons. The highest BCUT2D eigenvalue weighted by Crippen LogP contribution is 2.22. The first-order valence-corrected chi connectivity index (χ1v) is 9.45. The van der Waals surface area contributed by atoms with E-state index in [0.29, 0.717) is 12.1 Å². The second kappa shape index (κ2) is 6.60. The van der Waals surface area contributed by atoms with Gasteiger partial charge in [-0.15, -0.1) is 11.3 Å². The van der Waals surface area contributed by atoms with E-state index in [9.17, 15) is 9.00 Å². The highest BCUT2D eigenvalue weighted by atomic mass is 32.2. The number of carbonyl (C=O) groups is 1. The van der Waals surface area contributed by atoms with E-state index in [0.717, 1.165) is 20.1 Å². The number of aromatic nitrogens is 1. The average Bonchev–Trinajstić information content (AvgIpc) is 2.96. The third-order valence-electron chi connectivity index (χ3n) is 3.49. The lowest BCUT2D eigenvalue weighted by Crippen LogP contribution is -2.26. The lowest BCUT2D eigenvalue weighted by molar-refractivity contribution is 0.0785. The minimum absolute atomic E-state index is 0.0716. The summed E-state index contributed by atoms with van der Waals surface area (Å²) in [6.07, 6.45) is 1.62. The minimum atomic E-state index is -1.03.